The molecule has 0 bridgehead atoms. The first-order chi connectivity index (χ1) is 8.45. The molecule has 0 aliphatic rings. The van der Waals surface area contributed by atoms with E-state index in [0.717, 1.165) is 0 Å². The summed E-state index contributed by atoms with van der Waals surface area (Å²) < 4.78 is 9.75. The van der Waals surface area contributed by atoms with Crippen LogP contribution in [0.1, 0.15) is 30.2 Å². The molecule has 18 heavy (non-hydrogen) atoms. The number of methoxy groups -OCH3 is 1. The summed E-state index contributed by atoms with van der Waals surface area (Å²) in [6.45, 7) is 4.05. The Labute approximate surface area is 105 Å². The van der Waals surface area contributed by atoms with E-state index in [2.05, 4.69) is 10.1 Å². The largest absolute Gasteiger partial charge is 0.475 e. The highest BCUT2D eigenvalue weighted by molar-refractivity contribution is 5.84. The zero-order valence-electron chi connectivity index (χ0n) is 10.6. The van der Waals surface area contributed by atoms with E-state index in [1.165, 1.54) is 13.2 Å². The van der Waals surface area contributed by atoms with Crippen LogP contribution in [0.5, 0.6) is 0 Å². The monoisotopic (exact) mass is 255 g/mol. The molecule has 1 aromatic heterocycles. The first-order valence-electron chi connectivity index (χ1n) is 5.59. The fourth-order valence-electron chi connectivity index (χ4n) is 1.52. The quantitative estimate of drug-likeness (QED) is 0.744. The normalized spacial score (nSPS) is 12.4. The molecule has 6 heteroatoms. The van der Waals surface area contributed by atoms with Gasteiger partial charge in [0.2, 0.25) is 5.76 Å². The Morgan fingerprint density at radius 3 is 2.56 bits per heavy atom. The number of rotatable bonds is 6. The topological polar surface area (TPSA) is 88.8 Å². The summed E-state index contributed by atoms with van der Waals surface area (Å²) in [4.78, 5) is 22.1. The van der Waals surface area contributed by atoms with Crippen LogP contribution in [0.15, 0.2) is 16.5 Å². The summed E-state index contributed by atoms with van der Waals surface area (Å²) in [6.07, 6.45) is 0. The molecular weight excluding hydrogens is 238 g/mol. The summed E-state index contributed by atoms with van der Waals surface area (Å²) in [5.41, 5.74) is 0. The molecule has 1 heterocycles. The third kappa shape index (κ3) is 3.59. The number of carboxylic acids is 1. The number of aromatic carboxylic acids is 1. The van der Waals surface area contributed by atoms with E-state index in [4.69, 9.17) is 9.52 Å². The Morgan fingerprint density at radius 1 is 1.44 bits per heavy atom. The molecule has 0 fully saturated rings. The van der Waals surface area contributed by atoms with Gasteiger partial charge in [0.1, 0.15) is 11.8 Å². The van der Waals surface area contributed by atoms with Crippen LogP contribution in [-0.2, 0) is 16.1 Å². The highest BCUT2D eigenvalue weighted by Gasteiger charge is 2.22. The van der Waals surface area contributed by atoms with Gasteiger partial charge in [-0.25, -0.2) is 4.79 Å². The Kier molecular flexibility index (Phi) is 4.91. The first-order valence-corrected chi connectivity index (χ1v) is 5.59. The first kappa shape index (κ1) is 14.2. The second-order valence-electron chi connectivity index (χ2n) is 4.20. The molecule has 1 rings (SSSR count). The summed E-state index contributed by atoms with van der Waals surface area (Å²) >= 11 is 0. The SMILES string of the molecule is COC(=O)C(NCc1ccc(C(=O)O)o1)C(C)C. The van der Waals surface area contributed by atoms with E-state index in [-0.39, 0.29) is 24.2 Å². The number of esters is 1. The van der Waals surface area contributed by atoms with E-state index in [1.807, 2.05) is 13.8 Å². The molecule has 0 amide bonds. The average molecular weight is 255 g/mol. The summed E-state index contributed by atoms with van der Waals surface area (Å²) in [6, 6.07) is 2.49. The van der Waals surface area contributed by atoms with Crippen molar-refractivity contribution in [2.24, 2.45) is 5.92 Å². The van der Waals surface area contributed by atoms with Crippen LogP contribution in [0.2, 0.25) is 0 Å². The molecule has 6 nitrogen and oxygen atoms in total. The highest BCUT2D eigenvalue weighted by Crippen LogP contribution is 2.10. The molecule has 1 unspecified atom stereocenters. The van der Waals surface area contributed by atoms with Crippen molar-refractivity contribution in [2.75, 3.05) is 7.11 Å². The smallest absolute Gasteiger partial charge is 0.371 e. The molecule has 0 radical (unpaired) electrons. The zero-order valence-corrected chi connectivity index (χ0v) is 10.6. The van der Waals surface area contributed by atoms with E-state index < -0.39 is 12.0 Å². The van der Waals surface area contributed by atoms with E-state index in [9.17, 15) is 9.59 Å². The molecule has 2 N–H and O–H groups in total. The lowest BCUT2D eigenvalue weighted by molar-refractivity contribution is -0.144. The minimum atomic E-state index is -1.12. The van der Waals surface area contributed by atoms with Gasteiger partial charge in [-0.3, -0.25) is 10.1 Å². The number of furan rings is 1. The Hall–Kier alpha value is -1.82. The lowest BCUT2D eigenvalue weighted by Gasteiger charge is -2.19. The minimum Gasteiger partial charge on any atom is -0.475 e. The lowest BCUT2D eigenvalue weighted by Crippen LogP contribution is -2.41. The standard InChI is InChI=1S/C12H17NO5/c1-7(2)10(12(16)17-3)13-6-8-4-5-9(18-8)11(14)15/h4-5,7,10,13H,6H2,1-3H3,(H,14,15). The number of hydrogen-bond donors (Lipinski definition) is 2. The molecule has 100 valence electrons. The number of carbonyl (C=O) groups is 2. The average Bonchev–Trinajstić information content (AvgIpc) is 2.77. The van der Waals surface area contributed by atoms with E-state index >= 15 is 0 Å². The third-order valence-electron chi connectivity index (χ3n) is 2.49. The van der Waals surface area contributed by atoms with Crippen molar-refractivity contribution < 1.29 is 23.8 Å². The number of nitrogens with one attached hydrogen (secondary N) is 1. The van der Waals surface area contributed by atoms with Crippen molar-refractivity contribution in [3.8, 4) is 0 Å². The Morgan fingerprint density at radius 2 is 2.11 bits per heavy atom. The highest BCUT2D eigenvalue weighted by atomic mass is 16.5. The second kappa shape index (κ2) is 6.20. The van der Waals surface area contributed by atoms with Gasteiger partial charge in [-0.05, 0) is 18.1 Å². The molecule has 0 aliphatic heterocycles. The van der Waals surface area contributed by atoms with Crippen molar-refractivity contribution >= 4 is 11.9 Å². The van der Waals surface area contributed by atoms with Crippen LogP contribution >= 0.6 is 0 Å². The van der Waals surface area contributed by atoms with Crippen LogP contribution < -0.4 is 5.32 Å². The molecule has 0 saturated carbocycles. The second-order valence-corrected chi connectivity index (χ2v) is 4.20. The number of carboxylic acid groups (broad SMARTS) is 1. The van der Waals surface area contributed by atoms with Gasteiger partial charge in [-0.2, -0.15) is 0 Å². The lowest BCUT2D eigenvalue weighted by atomic mass is 10.0. The summed E-state index contributed by atoms with van der Waals surface area (Å²) in [5, 5.41) is 11.7. The van der Waals surface area contributed by atoms with Crippen molar-refractivity contribution in [3.05, 3.63) is 23.7 Å². The Bertz CT molecular complexity index is 424. The predicted octanol–water partition coefficient (Wildman–Crippen LogP) is 1.26. The van der Waals surface area contributed by atoms with Gasteiger partial charge in [0.25, 0.3) is 0 Å². The Balaban J connectivity index is 2.61. The number of carbonyl (C=O) groups excluding carboxylic acids is 1. The van der Waals surface area contributed by atoms with Crippen LogP contribution in [0.3, 0.4) is 0 Å². The van der Waals surface area contributed by atoms with E-state index in [1.54, 1.807) is 6.07 Å². The van der Waals surface area contributed by atoms with Crippen LogP contribution in [0, 0.1) is 5.92 Å². The number of ether oxygens (including phenoxy) is 1. The van der Waals surface area contributed by atoms with Crippen molar-refractivity contribution in [3.63, 3.8) is 0 Å². The van der Waals surface area contributed by atoms with E-state index in [0.29, 0.717) is 5.76 Å². The fourth-order valence-corrected chi connectivity index (χ4v) is 1.52. The maximum atomic E-state index is 11.5. The molecule has 1 atom stereocenters. The van der Waals surface area contributed by atoms with Crippen LogP contribution in [-0.4, -0.2) is 30.2 Å². The zero-order chi connectivity index (χ0) is 13.7. The van der Waals surface area contributed by atoms with Crippen molar-refractivity contribution in [1.82, 2.24) is 5.32 Å². The molecule has 0 aliphatic carbocycles. The van der Waals surface area contributed by atoms with Gasteiger partial charge in [0.15, 0.2) is 0 Å². The third-order valence-corrected chi connectivity index (χ3v) is 2.49. The van der Waals surface area contributed by atoms with Gasteiger partial charge in [0.05, 0.1) is 13.7 Å². The predicted molar refractivity (Wildman–Crippen MR) is 63.1 cm³/mol. The maximum absolute atomic E-state index is 11.5. The maximum Gasteiger partial charge on any atom is 0.371 e. The van der Waals surface area contributed by atoms with Crippen molar-refractivity contribution in [1.29, 1.82) is 0 Å². The van der Waals surface area contributed by atoms with Crippen LogP contribution in [0.25, 0.3) is 0 Å². The molecule has 0 aromatic carbocycles. The minimum absolute atomic E-state index is 0.0614. The number of hydrogen-bond acceptors (Lipinski definition) is 5. The molecule has 0 spiro atoms. The van der Waals surface area contributed by atoms with Gasteiger partial charge in [-0.1, -0.05) is 13.8 Å². The van der Waals surface area contributed by atoms with Gasteiger partial charge >= 0.3 is 11.9 Å². The summed E-state index contributed by atoms with van der Waals surface area (Å²) in [7, 11) is 1.33. The van der Waals surface area contributed by atoms with Crippen LogP contribution in [0.4, 0.5) is 0 Å². The van der Waals surface area contributed by atoms with Gasteiger partial charge in [-0.15, -0.1) is 0 Å². The van der Waals surface area contributed by atoms with Crippen molar-refractivity contribution in [2.45, 2.75) is 26.4 Å². The van der Waals surface area contributed by atoms with Gasteiger partial charge in [0, 0.05) is 0 Å². The molecular formula is C12H17NO5. The summed E-state index contributed by atoms with van der Waals surface area (Å²) in [5.74, 6) is -1.07. The molecule has 0 saturated heterocycles. The fraction of sp³-hybridized carbons (Fsp3) is 0.500. The van der Waals surface area contributed by atoms with Gasteiger partial charge < -0.3 is 14.3 Å². The molecule has 1 aromatic rings.